The van der Waals surface area contributed by atoms with Crippen LogP contribution in [0.2, 0.25) is 0 Å². The van der Waals surface area contributed by atoms with Crippen LogP contribution in [-0.4, -0.2) is 28.9 Å². The Morgan fingerprint density at radius 3 is 2.75 bits per heavy atom. The van der Waals surface area contributed by atoms with E-state index in [1.807, 2.05) is 4.90 Å². The van der Waals surface area contributed by atoms with Gasteiger partial charge in [-0.2, -0.15) is 4.99 Å². The number of hydrogen-bond acceptors (Lipinski definition) is 2. The van der Waals surface area contributed by atoms with Gasteiger partial charge in [-0.25, -0.2) is 4.79 Å². The van der Waals surface area contributed by atoms with Crippen molar-refractivity contribution in [2.24, 2.45) is 16.6 Å². The maximum absolute atomic E-state index is 11.8. The number of hydrogen-bond donors (Lipinski definition) is 1. The number of aliphatic imine (C=N–C) groups is 1. The van der Waals surface area contributed by atoms with Crippen LogP contribution in [0.5, 0.6) is 0 Å². The summed E-state index contributed by atoms with van der Waals surface area (Å²) in [4.78, 5) is 17.6. The van der Waals surface area contributed by atoms with Gasteiger partial charge in [0.2, 0.25) is 0 Å². The average Bonchev–Trinajstić information content (AvgIpc) is 3.06. The monoisotopic (exact) mass is 219 g/mol. The summed E-state index contributed by atoms with van der Waals surface area (Å²) in [5.74, 6) is 1.01. The minimum absolute atomic E-state index is 0.0740. The lowest BCUT2D eigenvalue weighted by molar-refractivity contribution is 0.182. The van der Waals surface area contributed by atoms with Crippen LogP contribution in [0.15, 0.2) is 17.1 Å². The van der Waals surface area contributed by atoms with E-state index in [-0.39, 0.29) is 12.1 Å². The van der Waals surface area contributed by atoms with E-state index in [4.69, 9.17) is 5.73 Å². The van der Waals surface area contributed by atoms with Gasteiger partial charge in [-0.15, -0.1) is 0 Å². The number of allylic oxidation sites excluding steroid dienone is 2. The first-order valence-corrected chi connectivity index (χ1v) is 6.08. The molecule has 0 saturated heterocycles. The fourth-order valence-corrected chi connectivity index (χ4v) is 2.80. The smallest absolute Gasteiger partial charge is 0.346 e. The molecule has 1 aliphatic heterocycles. The third-order valence-electron chi connectivity index (χ3n) is 3.74. The van der Waals surface area contributed by atoms with Gasteiger partial charge in [0.25, 0.3) is 0 Å². The SMILES string of the molecule is NC1=NC(=O)N(C2CC2)C1C1CC=CCC1. The number of carbonyl (C=O) groups excluding carboxylic acids is 1. The van der Waals surface area contributed by atoms with Crippen molar-refractivity contribution in [2.45, 2.75) is 44.2 Å². The Labute approximate surface area is 95.2 Å². The molecule has 0 aromatic rings. The molecule has 2 N–H and O–H groups in total. The second-order valence-corrected chi connectivity index (χ2v) is 4.95. The normalized spacial score (nSPS) is 34.4. The van der Waals surface area contributed by atoms with Crippen LogP contribution in [0.1, 0.15) is 32.1 Å². The van der Waals surface area contributed by atoms with Crippen molar-refractivity contribution < 1.29 is 4.79 Å². The number of rotatable bonds is 2. The van der Waals surface area contributed by atoms with Gasteiger partial charge < -0.3 is 10.6 Å². The zero-order valence-corrected chi connectivity index (χ0v) is 9.30. The van der Waals surface area contributed by atoms with Crippen molar-refractivity contribution in [2.75, 3.05) is 0 Å². The Morgan fingerprint density at radius 1 is 1.31 bits per heavy atom. The standard InChI is InChI=1S/C12H17N3O/c13-11-10(8-4-2-1-3-5-8)15(9-6-7-9)12(16)14-11/h1-2,8-10H,3-7H2,(H2,13,14,16). The zero-order valence-electron chi connectivity index (χ0n) is 9.30. The summed E-state index contributed by atoms with van der Waals surface area (Å²) < 4.78 is 0. The van der Waals surface area contributed by atoms with Crippen molar-refractivity contribution in [3.05, 3.63) is 12.2 Å². The third kappa shape index (κ3) is 1.52. The van der Waals surface area contributed by atoms with Crippen molar-refractivity contribution in [1.82, 2.24) is 4.90 Å². The Bertz CT molecular complexity index is 370. The summed E-state index contributed by atoms with van der Waals surface area (Å²) >= 11 is 0. The summed E-state index contributed by atoms with van der Waals surface area (Å²) in [5.41, 5.74) is 5.92. The number of carbonyl (C=O) groups is 1. The molecule has 1 fully saturated rings. The highest BCUT2D eigenvalue weighted by Gasteiger charge is 2.45. The molecular formula is C12H17N3O. The van der Waals surface area contributed by atoms with Crippen LogP contribution in [0.4, 0.5) is 4.79 Å². The molecule has 1 saturated carbocycles. The molecule has 0 aromatic heterocycles. The Balaban J connectivity index is 1.82. The van der Waals surface area contributed by atoms with Crippen molar-refractivity contribution in [3.63, 3.8) is 0 Å². The van der Waals surface area contributed by atoms with Crippen LogP contribution in [0.25, 0.3) is 0 Å². The number of amidine groups is 1. The quantitative estimate of drug-likeness (QED) is 0.718. The molecule has 16 heavy (non-hydrogen) atoms. The summed E-state index contributed by atoms with van der Waals surface area (Å²) in [7, 11) is 0. The summed E-state index contributed by atoms with van der Waals surface area (Å²) in [5, 5.41) is 0. The molecule has 0 aromatic carbocycles. The van der Waals surface area contributed by atoms with Gasteiger partial charge in [0.15, 0.2) is 0 Å². The predicted molar refractivity (Wildman–Crippen MR) is 62.1 cm³/mol. The van der Waals surface area contributed by atoms with Crippen molar-refractivity contribution in [1.29, 1.82) is 0 Å². The van der Waals surface area contributed by atoms with E-state index in [1.165, 1.54) is 0 Å². The fourth-order valence-electron chi connectivity index (χ4n) is 2.80. The maximum atomic E-state index is 11.8. The molecule has 4 heteroatoms. The third-order valence-corrected chi connectivity index (χ3v) is 3.74. The highest BCUT2D eigenvalue weighted by atomic mass is 16.2. The van der Waals surface area contributed by atoms with Crippen LogP contribution >= 0.6 is 0 Å². The molecule has 2 atom stereocenters. The van der Waals surface area contributed by atoms with E-state index in [0.717, 1.165) is 32.1 Å². The predicted octanol–water partition coefficient (Wildman–Crippen LogP) is 1.67. The molecule has 0 radical (unpaired) electrons. The highest BCUT2D eigenvalue weighted by Crippen LogP contribution is 2.36. The van der Waals surface area contributed by atoms with E-state index in [1.54, 1.807) is 0 Å². The first-order valence-electron chi connectivity index (χ1n) is 6.08. The van der Waals surface area contributed by atoms with Gasteiger partial charge >= 0.3 is 6.03 Å². The van der Waals surface area contributed by atoms with E-state index < -0.39 is 0 Å². The molecule has 86 valence electrons. The lowest BCUT2D eigenvalue weighted by Crippen LogP contribution is -2.47. The minimum Gasteiger partial charge on any atom is -0.385 e. The van der Waals surface area contributed by atoms with Gasteiger partial charge in [-0.3, -0.25) is 0 Å². The zero-order chi connectivity index (χ0) is 11.1. The Morgan fingerprint density at radius 2 is 2.12 bits per heavy atom. The molecule has 2 unspecified atom stereocenters. The highest BCUT2D eigenvalue weighted by molar-refractivity contribution is 6.03. The van der Waals surface area contributed by atoms with E-state index in [0.29, 0.717) is 17.8 Å². The summed E-state index contributed by atoms with van der Waals surface area (Å²) in [6.45, 7) is 0. The van der Waals surface area contributed by atoms with Gasteiger partial charge in [0.1, 0.15) is 5.84 Å². The van der Waals surface area contributed by atoms with Crippen molar-refractivity contribution >= 4 is 11.9 Å². The Hall–Kier alpha value is -1.32. The molecule has 1 heterocycles. The Kier molecular flexibility index (Phi) is 2.23. The first kappa shape index (κ1) is 9.87. The molecule has 0 spiro atoms. The van der Waals surface area contributed by atoms with E-state index in [2.05, 4.69) is 17.1 Å². The minimum atomic E-state index is -0.112. The van der Waals surface area contributed by atoms with Gasteiger partial charge in [0.05, 0.1) is 6.04 Å². The number of amides is 2. The molecule has 3 rings (SSSR count). The van der Waals surface area contributed by atoms with Gasteiger partial charge in [0, 0.05) is 6.04 Å². The fraction of sp³-hybridized carbons (Fsp3) is 0.667. The number of nitrogens with two attached hydrogens (primary N) is 1. The summed E-state index contributed by atoms with van der Waals surface area (Å²) in [6, 6.07) is 0.373. The van der Waals surface area contributed by atoms with Crippen LogP contribution < -0.4 is 5.73 Å². The topological polar surface area (TPSA) is 58.7 Å². The second-order valence-electron chi connectivity index (χ2n) is 4.95. The largest absolute Gasteiger partial charge is 0.385 e. The van der Waals surface area contributed by atoms with Gasteiger partial charge in [-0.1, -0.05) is 12.2 Å². The molecule has 2 amide bonds. The lowest BCUT2D eigenvalue weighted by atomic mass is 9.86. The number of nitrogens with zero attached hydrogens (tertiary/aromatic N) is 2. The van der Waals surface area contributed by atoms with Crippen LogP contribution in [0, 0.1) is 5.92 Å². The van der Waals surface area contributed by atoms with Crippen molar-refractivity contribution in [3.8, 4) is 0 Å². The van der Waals surface area contributed by atoms with Crippen LogP contribution in [0.3, 0.4) is 0 Å². The molecule has 2 aliphatic carbocycles. The molecular weight excluding hydrogens is 202 g/mol. The van der Waals surface area contributed by atoms with Crippen LogP contribution in [-0.2, 0) is 0 Å². The summed E-state index contributed by atoms with van der Waals surface area (Å²) in [6.07, 6.45) is 9.89. The maximum Gasteiger partial charge on any atom is 0.346 e. The second kappa shape index (κ2) is 3.61. The number of urea groups is 1. The lowest BCUT2D eigenvalue weighted by Gasteiger charge is -2.32. The van der Waals surface area contributed by atoms with Gasteiger partial charge in [-0.05, 0) is 38.0 Å². The molecule has 3 aliphatic rings. The van der Waals surface area contributed by atoms with E-state index >= 15 is 0 Å². The average molecular weight is 219 g/mol. The van der Waals surface area contributed by atoms with E-state index in [9.17, 15) is 4.79 Å². The molecule has 4 nitrogen and oxygen atoms in total. The molecule has 0 bridgehead atoms. The first-order chi connectivity index (χ1) is 7.77.